The van der Waals surface area contributed by atoms with Gasteiger partial charge in [-0.05, 0) is 25.8 Å². The summed E-state index contributed by atoms with van der Waals surface area (Å²) in [6.45, 7) is 6.27. The first-order valence-electron chi connectivity index (χ1n) is 5.84. The van der Waals surface area contributed by atoms with Crippen LogP contribution < -0.4 is 5.73 Å². The summed E-state index contributed by atoms with van der Waals surface area (Å²) in [6, 6.07) is 0. The predicted octanol–water partition coefficient (Wildman–Crippen LogP) is 1.55. The second-order valence-electron chi connectivity index (χ2n) is 4.07. The molecule has 1 fully saturated rings. The Labute approximate surface area is 98.0 Å². The molecule has 15 heavy (non-hydrogen) atoms. The molecule has 4 heteroatoms. The Balaban J connectivity index is 2.12. The van der Waals surface area contributed by atoms with E-state index in [1.165, 1.54) is 12.8 Å². The van der Waals surface area contributed by atoms with Crippen molar-refractivity contribution >= 4 is 17.2 Å². The van der Waals surface area contributed by atoms with Crippen molar-refractivity contribution in [3.05, 3.63) is 0 Å². The molecule has 0 aromatic heterocycles. The molecule has 0 amide bonds. The molecule has 88 valence electrons. The third-order valence-electron chi connectivity index (χ3n) is 2.91. The first kappa shape index (κ1) is 12.9. The van der Waals surface area contributed by atoms with Gasteiger partial charge in [0.25, 0.3) is 0 Å². The van der Waals surface area contributed by atoms with Crippen molar-refractivity contribution in [1.82, 2.24) is 4.90 Å². The van der Waals surface area contributed by atoms with Gasteiger partial charge in [-0.25, -0.2) is 0 Å². The molecule has 1 atom stereocenters. The fraction of sp³-hybridized carbons (Fsp3) is 0.909. The van der Waals surface area contributed by atoms with Crippen molar-refractivity contribution in [3.63, 3.8) is 0 Å². The molecule has 0 aromatic carbocycles. The summed E-state index contributed by atoms with van der Waals surface area (Å²) in [5.41, 5.74) is 5.49. The van der Waals surface area contributed by atoms with Crippen molar-refractivity contribution in [2.24, 2.45) is 5.73 Å². The lowest BCUT2D eigenvalue weighted by Crippen LogP contribution is -2.30. The number of thiocarbonyl (C=S) groups is 1. The van der Waals surface area contributed by atoms with Gasteiger partial charge in [0.1, 0.15) is 0 Å². The monoisotopic (exact) mass is 230 g/mol. The van der Waals surface area contributed by atoms with Crippen molar-refractivity contribution in [3.8, 4) is 0 Å². The lowest BCUT2D eigenvalue weighted by molar-refractivity contribution is 0.0930. The quantitative estimate of drug-likeness (QED) is 0.674. The average Bonchev–Trinajstić information content (AvgIpc) is 2.70. The van der Waals surface area contributed by atoms with E-state index in [1.807, 2.05) is 0 Å². The third-order valence-corrected chi connectivity index (χ3v) is 3.12. The summed E-state index contributed by atoms with van der Waals surface area (Å²) in [5.74, 6) is 0. The van der Waals surface area contributed by atoms with E-state index in [-0.39, 0.29) is 0 Å². The number of nitrogens with two attached hydrogens (primary N) is 1. The molecule has 1 heterocycles. The highest BCUT2D eigenvalue weighted by Gasteiger charge is 2.16. The smallest absolute Gasteiger partial charge is 0.0740 e. The van der Waals surface area contributed by atoms with Crippen LogP contribution in [0.4, 0.5) is 0 Å². The van der Waals surface area contributed by atoms with Crippen LogP contribution in [0, 0.1) is 0 Å². The molecule has 0 bridgehead atoms. The van der Waals surface area contributed by atoms with Gasteiger partial charge in [-0.1, -0.05) is 19.1 Å². The molecule has 0 spiro atoms. The summed E-state index contributed by atoms with van der Waals surface area (Å²) in [7, 11) is 0. The van der Waals surface area contributed by atoms with Gasteiger partial charge < -0.3 is 15.4 Å². The van der Waals surface area contributed by atoms with Crippen LogP contribution >= 0.6 is 12.2 Å². The molecule has 0 saturated carbocycles. The fourth-order valence-corrected chi connectivity index (χ4v) is 1.99. The highest BCUT2D eigenvalue weighted by atomic mass is 32.1. The normalized spacial score (nSPS) is 21.1. The van der Waals surface area contributed by atoms with E-state index in [4.69, 9.17) is 22.7 Å². The van der Waals surface area contributed by atoms with E-state index in [2.05, 4.69) is 11.8 Å². The van der Waals surface area contributed by atoms with Crippen LogP contribution in [-0.4, -0.2) is 42.2 Å². The van der Waals surface area contributed by atoms with Gasteiger partial charge >= 0.3 is 0 Å². The molecule has 1 aliphatic heterocycles. The zero-order chi connectivity index (χ0) is 11.1. The zero-order valence-corrected chi connectivity index (χ0v) is 10.4. The van der Waals surface area contributed by atoms with Crippen LogP contribution in [0.3, 0.4) is 0 Å². The molecule has 0 radical (unpaired) electrons. The molecule has 1 unspecified atom stereocenters. The molecular formula is C11H22N2OS. The predicted molar refractivity (Wildman–Crippen MR) is 67.1 cm³/mol. The highest BCUT2D eigenvalue weighted by molar-refractivity contribution is 7.80. The number of hydrogen-bond acceptors (Lipinski definition) is 3. The van der Waals surface area contributed by atoms with Crippen molar-refractivity contribution in [2.75, 3.05) is 26.2 Å². The summed E-state index contributed by atoms with van der Waals surface area (Å²) in [5, 5.41) is 0. The van der Waals surface area contributed by atoms with Crippen LogP contribution in [0.25, 0.3) is 0 Å². The molecule has 0 aliphatic carbocycles. The van der Waals surface area contributed by atoms with Gasteiger partial charge in [0, 0.05) is 26.1 Å². The van der Waals surface area contributed by atoms with Crippen molar-refractivity contribution in [2.45, 2.75) is 38.7 Å². The van der Waals surface area contributed by atoms with E-state index < -0.39 is 0 Å². The fourth-order valence-electron chi connectivity index (χ4n) is 1.89. The third kappa shape index (κ3) is 5.44. The van der Waals surface area contributed by atoms with E-state index in [0.29, 0.717) is 11.1 Å². The Bertz CT molecular complexity index is 193. The highest BCUT2D eigenvalue weighted by Crippen LogP contribution is 2.15. The second kappa shape index (κ2) is 7.14. The SMILES string of the molecule is CCN(CCC(N)=S)CCC1CCCO1. The van der Waals surface area contributed by atoms with Crippen LogP contribution in [0.1, 0.15) is 32.6 Å². The van der Waals surface area contributed by atoms with Crippen LogP contribution in [-0.2, 0) is 4.74 Å². The minimum atomic E-state index is 0.490. The minimum Gasteiger partial charge on any atom is -0.393 e. The van der Waals surface area contributed by atoms with E-state index in [0.717, 1.165) is 39.1 Å². The number of hydrogen-bond donors (Lipinski definition) is 1. The van der Waals surface area contributed by atoms with Gasteiger partial charge in [0.15, 0.2) is 0 Å². The van der Waals surface area contributed by atoms with Gasteiger partial charge in [-0.2, -0.15) is 0 Å². The summed E-state index contributed by atoms with van der Waals surface area (Å²) < 4.78 is 5.60. The van der Waals surface area contributed by atoms with Crippen molar-refractivity contribution < 1.29 is 4.74 Å². The first-order valence-corrected chi connectivity index (χ1v) is 6.25. The number of nitrogens with zero attached hydrogens (tertiary/aromatic N) is 1. The number of rotatable bonds is 7. The van der Waals surface area contributed by atoms with Crippen LogP contribution in [0.15, 0.2) is 0 Å². The maximum atomic E-state index is 5.60. The van der Waals surface area contributed by atoms with E-state index >= 15 is 0 Å². The Morgan fingerprint density at radius 1 is 1.53 bits per heavy atom. The molecule has 2 N–H and O–H groups in total. The summed E-state index contributed by atoms with van der Waals surface area (Å²) >= 11 is 4.88. The lowest BCUT2D eigenvalue weighted by atomic mass is 10.2. The zero-order valence-electron chi connectivity index (χ0n) is 9.58. The largest absolute Gasteiger partial charge is 0.393 e. The molecule has 0 aromatic rings. The Morgan fingerprint density at radius 2 is 2.33 bits per heavy atom. The molecular weight excluding hydrogens is 208 g/mol. The van der Waals surface area contributed by atoms with E-state index in [9.17, 15) is 0 Å². The molecule has 1 aliphatic rings. The maximum Gasteiger partial charge on any atom is 0.0740 e. The summed E-state index contributed by atoms with van der Waals surface area (Å²) in [6.07, 6.45) is 4.92. The van der Waals surface area contributed by atoms with E-state index in [1.54, 1.807) is 0 Å². The maximum absolute atomic E-state index is 5.60. The average molecular weight is 230 g/mol. The molecule has 1 saturated heterocycles. The summed E-state index contributed by atoms with van der Waals surface area (Å²) in [4.78, 5) is 3.01. The van der Waals surface area contributed by atoms with Gasteiger partial charge in [-0.15, -0.1) is 0 Å². The van der Waals surface area contributed by atoms with Crippen LogP contribution in [0.2, 0.25) is 0 Å². The van der Waals surface area contributed by atoms with Crippen LogP contribution in [0.5, 0.6) is 0 Å². The van der Waals surface area contributed by atoms with Gasteiger partial charge in [-0.3, -0.25) is 0 Å². The first-order chi connectivity index (χ1) is 7.22. The molecule has 3 nitrogen and oxygen atoms in total. The minimum absolute atomic E-state index is 0.490. The Kier molecular flexibility index (Phi) is 6.13. The standard InChI is InChI=1S/C11H22N2OS/c1-2-13(8-6-11(12)15)7-5-10-4-3-9-14-10/h10H,2-9H2,1H3,(H2,12,15). The number of ether oxygens (including phenoxy) is 1. The molecule has 1 rings (SSSR count). The Morgan fingerprint density at radius 3 is 2.87 bits per heavy atom. The lowest BCUT2D eigenvalue weighted by Gasteiger charge is -2.21. The van der Waals surface area contributed by atoms with Gasteiger partial charge in [0.05, 0.1) is 11.1 Å². The topological polar surface area (TPSA) is 38.5 Å². The Hall–Kier alpha value is -0.190. The second-order valence-corrected chi connectivity index (χ2v) is 4.60. The van der Waals surface area contributed by atoms with Gasteiger partial charge in [0.2, 0.25) is 0 Å². The van der Waals surface area contributed by atoms with Crippen molar-refractivity contribution in [1.29, 1.82) is 0 Å².